The molecule has 0 aliphatic rings. The zero-order chi connectivity index (χ0) is 12.9. The number of hydrogen-bond acceptors (Lipinski definition) is 0. The number of hydrogen-bond donors (Lipinski definition) is 0. The molecule has 0 amide bonds. The maximum absolute atomic E-state index is 2.45. The standard InChI is InChI=1S/C16H34/c1-9-10-13(4)15(6)14(5)11-16(7,8)12(2)3/h12-15H,9-11H2,1-8H3. The molecule has 0 radical (unpaired) electrons. The first-order chi connectivity index (χ1) is 7.22. The predicted octanol–water partition coefficient (Wildman–Crippen LogP) is 5.77. The van der Waals surface area contributed by atoms with E-state index in [1.165, 1.54) is 19.3 Å². The summed E-state index contributed by atoms with van der Waals surface area (Å²) in [6.45, 7) is 19.2. The summed E-state index contributed by atoms with van der Waals surface area (Å²) >= 11 is 0. The molecule has 0 saturated carbocycles. The predicted molar refractivity (Wildman–Crippen MR) is 75.6 cm³/mol. The fourth-order valence-corrected chi connectivity index (χ4v) is 2.53. The summed E-state index contributed by atoms with van der Waals surface area (Å²) in [6.07, 6.45) is 4.07. The Balaban J connectivity index is 4.29. The van der Waals surface area contributed by atoms with Gasteiger partial charge in [0, 0.05) is 0 Å². The zero-order valence-corrected chi connectivity index (χ0v) is 12.9. The van der Waals surface area contributed by atoms with Gasteiger partial charge in [-0.25, -0.2) is 0 Å². The Morgan fingerprint density at radius 2 is 1.38 bits per heavy atom. The van der Waals surface area contributed by atoms with Crippen molar-refractivity contribution >= 4 is 0 Å². The van der Waals surface area contributed by atoms with E-state index in [2.05, 4.69) is 55.4 Å². The van der Waals surface area contributed by atoms with Crippen molar-refractivity contribution in [1.29, 1.82) is 0 Å². The van der Waals surface area contributed by atoms with Crippen molar-refractivity contribution in [3.8, 4) is 0 Å². The van der Waals surface area contributed by atoms with Crippen molar-refractivity contribution in [1.82, 2.24) is 0 Å². The Kier molecular flexibility index (Phi) is 6.67. The largest absolute Gasteiger partial charge is 0.0654 e. The van der Waals surface area contributed by atoms with Crippen molar-refractivity contribution < 1.29 is 0 Å². The maximum Gasteiger partial charge on any atom is -0.0329 e. The monoisotopic (exact) mass is 226 g/mol. The third-order valence-electron chi connectivity index (χ3n) is 4.95. The fraction of sp³-hybridized carbons (Fsp3) is 1.00. The van der Waals surface area contributed by atoms with E-state index in [0.29, 0.717) is 5.41 Å². The van der Waals surface area contributed by atoms with Crippen LogP contribution in [0.3, 0.4) is 0 Å². The lowest BCUT2D eigenvalue weighted by Crippen LogP contribution is -2.27. The quantitative estimate of drug-likeness (QED) is 0.517. The van der Waals surface area contributed by atoms with Crippen LogP contribution in [0.4, 0.5) is 0 Å². The first-order valence-electron chi connectivity index (χ1n) is 7.22. The van der Waals surface area contributed by atoms with Crippen LogP contribution in [-0.2, 0) is 0 Å². The molecule has 0 spiro atoms. The van der Waals surface area contributed by atoms with E-state index < -0.39 is 0 Å². The van der Waals surface area contributed by atoms with Gasteiger partial charge >= 0.3 is 0 Å². The molecule has 0 aromatic heterocycles. The van der Waals surface area contributed by atoms with Gasteiger partial charge in [0.1, 0.15) is 0 Å². The second kappa shape index (κ2) is 6.67. The van der Waals surface area contributed by atoms with Gasteiger partial charge in [-0.3, -0.25) is 0 Å². The highest BCUT2D eigenvalue weighted by Gasteiger charge is 2.28. The molecule has 3 atom stereocenters. The minimum absolute atomic E-state index is 0.486. The molecule has 98 valence electrons. The average Bonchev–Trinajstić information content (AvgIpc) is 2.15. The SMILES string of the molecule is CCCC(C)C(C)C(C)CC(C)(C)C(C)C. The summed E-state index contributed by atoms with van der Waals surface area (Å²) in [6, 6.07) is 0. The molecule has 0 aromatic carbocycles. The van der Waals surface area contributed by atoms with Crippen LogP contribution in [0, 0.1) is 29.1 Å². The Labute approximate surface area is 104 Å². The lowest BCUT2D eigenvalue weighted by atomic mass is 9.70. The van der Waals surface area contributed by atoms with Crippen molar-refractivity contribution in [3.05, 3.63) is 0 Å². The van der Waals surface area contributed by atoms with Gasteiger partial charge in [-0.1, -0.05) is 68.2 Å². The second-order valence-electron chi connectivity index (χ2n) is 6.95. The van der Waals surface area contributed by atoms with Gasteiger partial charge in [-0.05, 0) is 35.5 Å². The van der Waals surface area contributed by atoms with E-state index in [1.807, 2.05) is 0 Å². The van der Waals surface area contributed by atoms with E-state index in [9.17, 15) is 0 Å². The molecule has 0 heterocycles. The molecule has 0 heteroatoms. The molecule has 0 N–H and O–H groups in total. The maximum atomic E-state index is 2.45. The second-order valence-corrected chi connectivity index (χ2v) is 6.95. The molecule has 0 fully saturated rings. The summed E-state index contributed by atoms with van der Waals surface area (Å²) in [5.41, 5.74) is 0.486. The number of rotatable bonds is 7. The van der Waals surface area contributed by atoms with Crippen LogP contribution >= 0.6 is 0 Å². The van der Waals surface area contributed by atoms with Gasteiger partial charge in [-0.15, -0.1) is 0 Å². The average molecular weight is 226 g/mol. The van der Waals surface area contributed by atoms with Gasteiger partial charge in [0.15, 0.2) is 0 Å². The zero-order valence-electron chi connectivity index (χ0n) is 12.9. The van der Waals surface area contributed by atoms with Crippen molar-refractivity contribution in [2.75, 3.05) is 0 Å². The highest BCUT2D eigenvalue weighted by Crippen LogP contribution is 2.38. The van der Waals surface area contributed by atoms with E-state index in [4.69, 9.17) is 0 Å². The fourth-order valence-electron chi connectivity index (χ4n) is 2.53. The Bertz CT molecular complexity index is 178. The molecule has 0 aliphatic heterocycles. The first kappa shape index (κ1) is 16.0. The first-order valence-corrected chi connectivity index (χ1v) is 7.22. The minimum atomic E-state index is 0.486. The van der Waals surface area contributed by atoms with E-state index in [-0.39, 0.29) is 0 Å². The van der Waals surface area contributed by atoms with Gasteiger partial charge < -0.3 is 0 Å². The van der Waals surface area contributed by atoms with E-state index in [1.54, 1.807) is 0 Å². The lowest BCUT2D eigenvalue weighted by molar-refractivity contribution is 0.143. The molecule has 0 aromatic rings. The molecular weight excluding hydrogens is 192 g/mol. The normalized spacial score (nSPS) is 18.6. The Morgan fingerprint density at radius 3 is 1.75 bits per heavy atom. The summed E-state index contributed by atoms with van der Waals surface area (Å²) in [5.74, 6) is 3.36. The third kappa shape index (κ3) is 4.89. The summed E-state index contributed by atoms with van der Waals surface area (Å²) < 4.78 is 0. The molecule has 3 unspecified atom stereocenters. The van der Waals surface area contributed by atoms with Crippen LogP contribution in [-0.4, -0.2) is 0 Å². The summed E-state index contributed by atoms with van der Waals surface area (Å²) in [7, 11) is 0. The molecule has 0 bridgehead atoms. The molecule has 0 saturated heterocycles. The smallest absolute Gasteiger partial charge is 0.0329 e. The van der Waals surface area contributed by atoms with Crippen molar-refractivity contribution in [3.63, 3.8) is 0 Å². The minimum Gasteiger partial charge on any atom is -0.0654 e. The Morgan fingerprint density at radius 1 is 0.875 bits per heavy atom. The molecular formula is C16H34. The summed E-state index contributed by atoms with van der Waals surface area (Å²) in [4.78, 5) is 0. The van der Waals surface area contributed by atoms with Gasteiger partial charge in [0.2, 0.25) is 0 Å². The van der Waals surface area contributed by atoms with Crippen LogP contribution in [0.5, 0.6) is 0 Å². The van der Waals surface area contributed by atoms with Crippen LogP contribution in [0.1, 0.15) is 74.7 Å². The third-order valence-corrected chi connectivity index (χ3v) is 4.95. The van der Waals surface area contributed by atoms with Gasteiger partial charge in [0.05, 0.1) is 0 Å². The highest BCUT2D eigenvalue weighted by atomic mass is 14.3. The van der Waals surface area contributed by atoms with Crippen LogP contribution in [0.15, 0.2) is 0 Å². The Hall–Kier alpha value is 0. The highest BCUT2D eigenvalue weighted by molar-refractivity contribution is 4.78. The van der Waals surface area contributed by atoms with Crippen molar-refractivity contribution in [2.45, 2.75) is 74.7 Å². The molecule has 0 nitrogen and oxygen atoms in total. The molecule has 16 heavy (non-hydrogen) atoms. The summed E-state index contributed by atoms with van der Waals surface area (Å²) in [5, 5.41) is 0. The lowest BCUT2D eigenvalue weighted by Gasteiger charge is -2.36. The van der Waals surface area contributed by atoms with Gasteiger partial charge in [0.25, 0.3) is 0 Å². The van der Waals surface area contributed by atoms with E-state index >= 15 is 0 Å². The van der Waals surface area contributed by atoms with Crippen LogP contribution in [0.25, 0.3) is 0 Å². The topological polar surface area (TPSA) is 0 Å². The molecule has 0 aliphatic carbocycles. The van der Waals surface area contributed by atoms with Crippen LogP contribution < -0.4 is 0 Å². The van der Waals surface area contributed by atoms with Gasteiger partial charge in [-0.2, -0.15) is 0 Å². The molecule has 0 rings (SSSR count). The van der Waals surface area contributed by atoms with Crippen LogP contribution in [0.2, 0.25) is 0 Å². The van der Waals surface area contributed by atoms with E-state index in [0.717, 1.165) is 23.7 Å². The van der Waals surface area contributed by atoms with Crippen molar-refractivity contribution in [2.24, 2.45) is 29.1 Å².